The van der Waals surface area contributed by atoms with Gasteiger partial charge in [0.05, 0.1) is 0 Å². The van der Waals surface area contributed by atoms with Crippen molar-refractivity contribution in [2.24, 2.45) is 0 Å². The third-order valence-corrected chi connectivity index (χ3v) is 1.21. The lowest BCUT2D eigenvalue weighted by atomic mass is 10.2. The zero-order chi connectivity index (χ0) is 9.98. The molecule has 0 radical (unpaired) electrons. The van der Waals surface area contributed by atoms with Crippen molar-refractivity contribution in [1.29, 1.82) is 0 Å². The molecule has 3 heteroatoms. The van der Waals surface area contributed by atoms with Crippen LogP contribution in [-0.2, 0) is 4.79 Å². The zero-order valence-corrected chi connectivity index (χ0v) is 7.84. The molecule has 0 amide bonds. The Balaban J connectivity index is 0. The molecule has 0 aliphatic carbocycles. The topological polar surface area (TPSA) is 37.3 Å². The minimum absolute atomic E-state index is 0.300. The van der Waals surface area contributed by atoms with Gasteiger partial charge in [0.2, 0.25) is 0 Å². The molecule has 0 heterocycles. The van der Waals surface area contributed by atoms with Gasteiger partial charge in [0.15, 0.2) is 0 Å². The number of aliphatic hydroxyl groups is 1. The maximum atomic E-state index is 10.0. The molecule has 12 heavy (non-hydrogen) atoms. The Morgan fingerprint density at radius 1 is 1.58 bits per heavy atom. The van der Waals surface area contributed by atoms with Gasteiger partial charge in [-0.25, -0.2) is 0 Å². The molecule has 0 rings (SSSR count). The van der Waals surface area contributed by atoms with Crippen LogP contribution in [0.25, 0.3) is 0 Å². The standard InChI is InChI=1S/C8H9ClO.CH4O/c1-3-4-8(5-6-10)7(2)9;1-2/h3-4,6H,1-2,5H2;2H,1H3/b8-4-;. The highest BCUT2D eigenvalue weighted by molar-refractivity contribution is 6.31. The third-order valence-electron chi connectivity index (χ3n) is 0.971. The summed E-state index contributed by atoms with van der Waals surface area (Å²) in [6.07, 6.45) is 4.33. The molecule has 0 saturated heterocycles. The second-order valence-electron chi connectivity index (χ2n) is 1.70. The van der Waals surface area contributed by atoms with Gasteiger partial charge in [0, 0.05) is 18.6 Å². The number of aliphatic hydroxyl groups excluding tert-OH is 1. The van der Waals surface area contributed by atoms with E-state index in [1.165, 1.54) is 0 Å². The van der Waals surface area contributed by atoms with Crippen LogP contribution in [-0.4, -0.2) is 18.5 Å². The molecule has 0 atom stereocenters. The number of halogens is 1. The van der Waals surface area contributed by atoms with Crippen molar-refractivity contribution in [2.45, 2.75) is 6.42 Å². The van der Waals surface area contributed by atoms with Crippen LogP contribution in [0.5, 0.6) is 0 Å². The van der Waals surface area contributed by atoms with Gasteiger partial charge in [-0.1, -0.05) is 36.9 Å². The maximum absolute atomic E-state index is 10.0. The van der Waals surface area contributed by atoms with Gasteiger partial charge in [0.1, 0.15) is 6.29 Å². The summed E-state index contributed by atoms with van der Waals surface area (Å²) in [4.78, 5) is 10.0. The fraction of sp³-hybridized carbons (Fsp3) is 0.222. The van der Waals surface area contributed by atoms with Gasteiger partial charge in [-0.2, -0.15) is 0 Å². The van der Waals surface area contributed by atoms with Crippen molar-refractivity contribution in [1.82, 2.24) is 0 Å². The lowest BCUT2D eigenvalue weighted by Gasteiger charge is -1.95. The highest BCUT2D eigenvalue weighted by Crippen LogP contribution is 2.14. The Hall–Kier alpha value is -0.860. The number of carbonyl (C=O) groups excluding carboxylic acids is 1. The Bertz CT molecular complexity index is 183. The SMILES string of the molecule is C=C/C=C(/CC=O)C(=C)Cl.CO. The predicted molar refractivity (Wildman–Crippen MR) is 52.1 cm³/mol. The van der Waals surface area contributed by atoms with Crippen molar-refractivity contribution in [3.63, 3.8) is 0 Å². The van der Waals surface area contributed by atoms with Crippen molar-refractivity contribution in [3.8, 4) is 0 Å². The highest BCUT2D eigenvalue weighted by Gasteiger charge is 1.95. The molecule has 1 N–H and O–H groups in total. The maximum Gasteiger partial charge on any atom is 0.124 e. The van der Waals surface area contributed by atoms with Crippen molar-refractivity contribution in [3.05, 3.63) is 35.9 Å². The molecule has 0 saturated carbocycles. The lowest BCUT2D eigenvalue weighted by Crippen LogP contribution is -1.82. The first-order valence-corrected chi connectivity index (χ1v) is 3.65. The van der Waals surface area contributed by atoms with Crippen LogP contribution in [0.2, 0.25) is 0 Å². The number of hydrogen-bond donors (Lipinski definition) is 1. The van der Waals surface area contributed by atoms with Crippen LogP contribution in [0.4, 0.5) is 0 Å². The first kappa shape index (κ1) is 13.7. The Morgan fingerprint density at radius 3 is 2.33 bits per heavy atom. The summed E-state index contributed by atoms with van der Waals surface area (Å²) in [5.74, 6) is 0. The molecule has 0 spiro atoms. The molecule has 0 aliphatic heterocycles. The van der Waals surface area contributed by atoms with Gasteiger partial charge in [-0.3, -0.25) is 0 Å². The third kappa shape index (κ3) is 7.25. The summed E-state index contributed by atoms with van der Waals surface area (Å²) in [6.45, 7) is 6.96. The molecule has 0 fully saturated rings. The molecule has 2 nitrogen and oxygen atoms in total. The van der Waals surface area contributed by atoms with E-state index in [4.69, 9.17) is 16.7 Å². The highest BCUT2D eigenvalue weighted by atomic mass is 35.5. The summed E-state index contributed by atoms with van der Waals surface area (Å²) in [5, 5.41) is 7.40. The normalized spacial score (nSPS) is 9.42. The van der Waals surface area contributed by atoms with E-state index in [-0.39, 0.29) is 0 Å². The lowest BCUT2D eigenvalue weighted by molar-refractivity contribution is -0.107. The van der Waals surface area contributed by atoms with Gasteiger partial charge in [-0.05, 0) is 5.57 Å². The Morgan fingerprint density at radius 2 is 2.08 bits per heavy atom. The summed E-state index contributed by atoms with van der Waals surface area (Å²) < 4.78 is 0. The molecular formula is C9H13ClO2. The van der Waals surface area contributed by atoms with Crippen LogP contribution in [0.15, 0.2) is 35.9 Å². The second-order valence-corrected chi connectivity index (χ2v) is 2.16. The number of allylic oxidation sites excluding steroid dienone is 4. The van der Waals surface area contributed by atoms with Crippen LogP contribution >= 0.6 is 11.6 Å². The minimum atomic E-state index is 0.300. The summed E-state index contributed by atoms with van der Waals surface area (Å²) in [7, 11) is 1.00. The first-order valence-electron chi connectivity index (χ1n) is 3.27. The number of hydrogen-bond acceptors (Lipinski definition) is 2. The Kier molecular flexibility index (Phi) is 11.6. The molecule has 0 aliphatic rings. The number of carbonyl (C=O) groups is 1. The van der Waals surface area contributed by atoms with Crippen molar-refractivity contribution < 1.29 is 9.90 Å². The molecule has 0 aromatic carbocycles. The number of aldehydes is 1. The van der Waals surface area contributed by atoms with E-state index >= 15 is 0 Å². The second kappa shape index (κ2) is 10.1. The van der Waals surface area contributed by atoms with Crippen molar-refractivity contribution >= 4 is 17.9 Å². The molecule has 0 bridgehead atoms. The molecular weight excluding hydrogens is 176 g/mol. The minimum Gasteiger partial charge on any atom is -0.400 e. The van der Waals surface area contributed by atoms with Crippen molar-refractivity contribution in [2.75, 3.05) is 7.11 Å². The molecule has 0 aromatic rings. The van der Waals surface area contributed by atoms with E-state index in [2.05, 4.69) is 13.2 Å². The quantitative estimate of drug-likeness (QED) is 0.542. The average Bonchev–Trinajstić information content (AvgIpc) is 2.08. The summed E-state index contributed by atoms with van der Waals surface area (Å²) in [6, 6.07) is 0. The van der Waals surface area contributed by atoms with Crippen LogP contribution in [0.1, 0.15) is 6.42 Å². The van der Waals surface area contributed by atoms with Gasteiger partial charge < -0.3 is 9.90 Å². The number of rotatable bonds is 4. The van der Waals surface area contributed by atoms with E-state index in [1.54, 1.807) is 12.2 Å². The van der Waals surface area contributed by atoms with E-state index in [0.717, 1.165) is 13.4 Å². The molecule has 0 aromatic heterocycles. The van der Waals surface area contributed by atoms with Gasteiger partial charge in [0.25, 0.3) is 0 Å². The van der Waals surface area contributed by atoms with Gasteiger partial charge >= 0.3 is 0 Å². The predicted octanol–water partition coefficient (Wildman–Crippen LogP) is 2.05. The van der Waals surface area contributed by atoms with E-state index in [1.807, 2.05) is 0 Å². The fourth-order valence-electron chi connectivity index (χ4n) is 0.501. The van der Waals surface area contributed by atoms with Crippen LogP contribution < -0.4 is 0 Å². The molecule has 0 unspecified atom stereocenters. The first-order chi connectivity index (χ1) is 5.72. The van der Waals surface area contributed by atoms with E-state index in [9.17, 15) is 4.79 Å². The fourth-order valence-corrected chi connectivity index (χ4v) is 0.641. The summed E-state index contributed by atoms with van der Waals surface area (Å²) in [5.41, 5.74) is 0.715. The van der Waals surface area contributed by atoms with Crippen LogP contribution in [0, 0.1) is 0 Å². The Labute approximate surface area is 77.9 Å². The summed E-state index contributed by atoms with van der Waals surface area (Å²) >= 11 is 5.53. The molecule has 68 valence electrons. The van der Waals surface area contributed by atoms with E-state index < -0.39 is 0 Å². The zero-order valence-electron chi connectivity index (χ0n) is 7.09. The van der Waals surface area contributed by atoms with Crippen LogP contribution in [0.3, 0.4) is 0 Å². The monoisotopic (exact) mass is 188 g/mol. The smallest absolute Gasteiger partial charge is 0.124 e. The average molecular weight is 189 g/mol. The van der Waals surface area contributed by atoms with E-state index in [0.29, 0.717) is 17.0 Å². The van der Waals surface area contributed by atoms with Gasteiger partial charge in [-0.15, -0.1) is 0 Å². The largest absolute Gasteiger partial charge is 0.400 e.